The van der Waals surface area contributed by atoms with Crippen molar-refractivity contribution in [3.05, 3.63) is 33.2 Å². The quantitative estimate of drug-likeness (QED) is 0.620. The monoisotopic (exact) mass is 208 g/mol. The predicted octanol–water partition coefficient (Wildman–Crippen LogP) is -1.58. The Morgan fingerprint density at radius 2 is 2.27 bits per heavy atom. The van der Waals surface area contributed by atoms with E-state index in [1.807, 2.05) is 4.98 Å². The maximum Gasteiger partial charge on any atom is 0.349 e. The highest BCUT2D eigenvalue weighted by Crippen LogP contribution is 2.07. The van der Waals surface area contributed by atoms with Gasteiger partial charge in [0, 0.05) is 18.9 Å². The third kappa shape index (κ3) is 1.64. The number of fused-ring (bicyclic) bond motifs is 1. The van der Waals surface area contributed by atoms with Gasteiger partial charge in [0.15, 0.2) is 11.5 Å². The molecule has 0 amide bonds. The van der Waals surface area contributed by atoms with E-state index in [0.717, 1.165) is 0 Å². The molecule has 2 aliphatic heterocycles. The summed E-state index contributed by atoms with van der Waals surface area (Å²) in [4.78, 5) is 31.8. The van der Waals surface area contributed by atoms with Crippen LogP contribution in [-0.2, 0) is 6.54 Å². The Labute approximate surface area is 83.4 Å². The van der Waals surface area contributed by atoms with Gasteiger partial charge >= 0.3 is 5.69 Å². The summed E-state index contributed by atoms with van der Waals surface area (Å²) in [5.41, 5.74) is -1.20. The SMILES string of the molecule is O=c1nc2n(CCO)ccnc-2c(=O)[nH]1. The molecule has 2 rings (SSSR count). The number of aromatic nitrogens is 4. The van der Waals surface area contributed by atoms with Crippen molar-refractivity contribution < 1.29 is 5.11 Å². The summed E-state index contributed by atoms with van der Waals surface area (Å²) in [7, 11) is 0. The van der Waals surface area contributed by atoms with Gasteiger partial charge in [-0.1, -0.05) is 0 Å². The number of nitrogens with zero attached hydrogens (tertiary/aromatic N) is 3. The Balaban J connectivity index is 2.76. The van der Waals surface area contributed by atoms with E-state index in [4.69, 9.17) is 5.11 Å². The minimum absolute atomic E-state index is 0.0885. The van der Waals surface area contributed by atoms with E-state index < -0.39 is 11.2 Å². The van der Waals surface area contributed by atoms with Crippen LogP contribution in [0.5, 0.6) is 0 Å². The highest BCUT2D eigenvalue weighted by molar-refractivity contribution is 5.47. The summed E-state index contributed by atoms with van der Waals surface area (Å²) < 4.78 is 1.50. The van der Waals surface area contributed by atoms with Crippen molar-refractivity contribution >= 4 is 0 Å². The van der Waals surface area contributed by atoms with Crippen molar-refractivity contribution in [2.45, 2.75) is 6.54 Å². The van der Waals surface area contributed by atoms with Gasteiger partial charge in [0.2, 0.25) is 0 Å². The van der Waals surface area contributed by atoms with Crippen LogP contribution >= 0.6 is 0 Å². The first-order valence-corrected chi connectivity index (χ1v) is 4.28. The van der Waals surface area contributed by atoms with Gasteiger partial charge in [-0.2, -0.15) is 4.98 Å². The van der Waals surface area contributed by atoms with Crippen LogP contribution < -0.4 is 11.2 Å². The summed E-state index contributed by atoms with van der Waals surface area (Å²) in [6, 6.07) is 0. The summed E-state index contributed by atoms with van der Waals surface area (Å²) in [5, 5.41) is 8.78. The van der Waals surface area contributed by atoms with Crippen LogP contribution in [0.3, 0.4) is 0 Å². The van der Waals surface area contributed by atoms with Gasteiger partial charge in [-0.3, -0.25) is 9.78 Å². The first kappa shape index (κ1) is 9.53. The zero-order valence-corrected chi connectivity index (χ0v) is 7.67. The van der Waals surface area contributed by atoms with Gasteiger partial charge in [-0.15, -0.1) is 0 Å². The van der Waals surface area contributed by atoms with E-state index >= 15 is 0 Å². The van der Waals surface area contributed by atoms with Crippen molar-refractivity contribution in [2.24, 2.45) is 0 Å². The summed E-state index contributed by atoms with van der Waals surface area (Å²) >= 11 is 0. The molecule has 15 heavy (non-hydrogen) atoms. The van der Waals surface area contributed by atoms with Gasteiger partial charge in [-0.25, -0.2) is 9.78 Å². The lowest BCUT2D eigenvalue weighted by Gasteiger charge is -2.09. The molecular weight excluding hydrogens is 200 g/mol. The highest BCUT2D eigenvalue weighted by atomic mass is 16.3. The summed E-state index contributed by atoms with van der Waals surface area (Å²) in [6.45, 7) is 0.154. The fourth-order valence-electron chi connectivity index (χ4n) is 1.30. The Kier molecular flexibility index (Phi) is 2.30. The van der Waals surface area contributed by atoms with Crippen molar-refractivity contribution in [3.8, 4) is 11.5 Å². The van der Waals surface area contributed by atoms with Crippen LogP contribution in [-0.4, -0.2) is 31.2 Å². The molecule has 0 atom stereocenters. The Hall–Kier alpha value is -2.02. The highest BCUT2D eigenvalue weighted by Gasteiger charge is 2.13. The third-order valence-electron chi connectivity index (χ3n) is 1.92. The molecule has 2 aliphatic rings. The molecule has 2 N–H and O–H groups in total. The van der Waals surface area contributed by atoms with Gasteiger partial charge in [0.05, 0.1) is 6.61 Å². The van der Waals surface area contributed by atoms with Crippen molar-refractivity contribution in [2.75, 3.05) is 6.61 Å². The number of H-pyrrole nitrogens is 1. The minimum atomic E-state index is -0.716. The van der Waals surface area contributed by atoms with E-state index in [-0.39, 0.29) is 24.7 Å². The van der Waals surface area contributed by atoms with E-state index in [1.165, 1.54) is 10.8 Å². The van der Waals surface area contributed by atoms with Crippen LogP contribution in [0.15, 0.2) is 22.0 Å². The van der Waals surface area contributed by atoms with Crippen LogP contribution in [0.2, 0.25) is 0 Å². The smallest absolute Gasteiger partial charge is 0.349 e. The van der Waals surface area contributed by atoms with Gasteiger partial charge < -0.3 is 9.67 Å². The molecule has 0 spiro atoms. The molecule has 0 aliphatic carbocycles. The molecule has 0 bridgehead atoms. The minimum Gasteiger partial charge on any atom is -0.395 e. The third-order valence-corrected chi connectivity index (χ3v) is 1.92. The average Bonchev–Trinajstić information content (AvgIpc) is 2.19. The molecule has 0 saturated carbocycles. The number of aromatic amines is 1. The first-order chi connectivity index (χ1) is 7.22. The van der Waals surface area contributed by atoms with Crippen LogP contribution in [0, 0.1) is 0 Å². The van der Waals surface area contributed by atoms with E-state index in [2.05, 4.69) is 9.97 Å². The van der Waals surface area contributed by atoms with E-state index in [0.29, 0.717) is 0 Å². The number of aliphatic hydroxyl groups excluding tert-OH is 1. The number of hydrogen-bond donors (Lipinski definition) is 2. The van der Waals surface area contributed by atoms with Crippen LogP contribution in [0.4, 0.5) is 0 Å². The second-order valence-electron chi connectivity index (χ2n) is 2.89. The van der Waals surface area contributed by atoms with Gasteiger partial charge in [0.1, 0.15) is 0 Å². The lowest BCUT2D eigenvalue weighted by atomic mass is 10.3. The fraction of sp³-hybridized carbons (Fsp3) is 0.250. The topological polar surface area (TPSA) is 101 Å². The number of hydrogen-bond acceptors (Lipinski definition) is 5. The van der Waals surface area contributed by atoms with Crippen molar-refractivity contribution in [1.29, 1.82) is 0 Å². The molecule has 0 unspecified atom stereocenters. The van der Waals surface area contributed by atoms with Gasteiger partial charge in [-0.05, 0) is 0 Å². The standard InChI is InChI=1S/C8H8N4O3/c13-4-3-12-2-1-9-5-6(12)10-8(15)11-7(5)14/h1-2,13H,3-4H2,(H,11,14,15). The Morgan fingerprint density at radius 1 is 1.47 bits per heavy atom. The maximum atomic E-state index is 11.3. The molecule has 0 aromatic carbocycles. The van der Waals surface area contributed by atoms with Crippen LogP contribution in [0.1, 0.15) is 0 Å². The molecule has 7 heteroatoms. The fourth-order valence-corrected chi connectivity index (χ4v) is 1.30. The molecular formula is C8H8N4O3. The molecule has 0 aromatic heterocycles. The van der Waals surface area contributed by atoms with Crippen molar-refractivity contribution in [1.82, 2.24) is 19.5 Å². The normalized spacial score (nSPS) is 10.7. The van der Waals surface area contributed by atoms with Crippen molar-refractivity contribution in [3.63, 3.8) is 0 Å². The lowest BCUT2D eigenvalue weighted by molar-refractivity contribution is 0.275. The lowest BCUT2D eigenvalue weighted by Crippen LogP contribution is -2.28. The summed E-state index contributed by atoms with van der Waals surface area (Å²) in [5.74, 6) is 0.181. The number of aliphatic hydroxyl groups is 1. The molecule has 0 aromatic rings. The maximum absolute atomic E-state index is 11.3. The molecule has 0 radical (unpaired) electrons. The average molecular weight is 208 g/mol. The zero-order chi connectivity index (χ0) is 10.8. The molecule has 0 fully saturated rings. The Morgan fingerprint density at radius 3 is 3.00 bits per heavy atom. The Bertz CT molecular complexity index is 559. The molecule has 7 nitrogen and oxygen atoms in total. The molecule has 0 saturated heterocycles. The number of rotatable bonds is 2. The summed E-state index contributed by atoms with van der Waals surface area (Å²) in [6.07, 6.45) is 2.96. The second kappa shape index (κ2) is 3.62. The van der Waals surface area contributed by atoms with E-state index in [1.54, 1.807) is 6.20 Å². The van der Waals surface area contributed by atoms with Gasteiger partial charge in [0.25, 0.3) is 5.56 Å². The predicted molar refractivity (Wildman–Crippen MR) is 50.6 cm³/mol. The van der Waals surface area contributed by atoms with Crippen LogP contribution in [0.25, 0.3) is 11.5 Å². The first-order valence-electron chi connectivity index (χ1n) is 4.28. The molecule has 2 heterocycles. The van der Waals surface area contributed by atoms with E-state index in [9.17, 15) is 9.59 Å². The largest absolute Gasteiger partial charge is 0.395 e. The molecule has 78 valence electrons. The number of nitrogens with one attached hydrogen (secondary N) is 1. The second-order valence-corrected chi connectivity index (χ2v) is 2.89. The zero-order valence-electron chi connectivity index (χ0n) is 7.67.